The van der Waals surface area contributed by atoms with Crippen molar-refractivity contribution in [1.82, 2.24) is 4.90 Å². The van der Waals surface area contributed by atoms with Gasteiger partial charge in [-0.1, -0.05) is 24.3 Å². The monoisotopic (exact) mass is 353 g/mol. The molecule has 0 saturated carbocycles. The molecule has 0 bridgehead atoms. The van der Waals surface area contributed by atoms with E-state index >= 15 is 0 Å². The minimum absolute atomic E-state index is 0.00483. The number of nitrogens with zero attached hydrogens (tertiary/aromatic N) is 2. The Kier molecular flexibility index (Phi) is 4.53. The second-order valence-corrected chi connectivity index (χ2v) is 7.18. The fourth-order valence-electron chi connectivity index (χ4n) is 3.95. The van der Waals surface area contributed by atoms with Crippen LogP contribution in [0.4, 0.5) is 20.6 Å². The standard InChI is InChI=1S/C21H24FN3O/c1-15-6-7-18(14-19(15)22)24-11-9-17(10-12-24)25-13-8-16-4-2-3-5-20(16)23-21(25)26/h2-7,14,17H,8-13H2,1H3,(H,23,26). The van der Waals surface area contributed by atoms with Crippen LogP contribution in [-0.4, -0.2) is 36.6 Å². The molecule has 2 aromatic rings. The van der Waals surface area contributed by atoms with Crippen LogP contribution in [0.25, 0.3) is 0 Å². The molecule has 26 heavy (non-hydrogen) atoms. The van der Waals surface area contributed by atoms with E-state index in [2.05, 4.69) is 16.3 Å². The lowest BCUT2D eigenvalue weighted by Crippen LogP contribution is -2.48. The van der Waals surface area contributed by atoms with Gasteiger partial charge in [0.2, 0.25) is 0 Å². The van der Waals surface area contributed by atoms with Crippen molar-refractivity contribution >= 4 is 17.4 Å². The number of piperidine rings is 1. The number of amides is 2. The number of benzene rings is 2. The minimum Gasteiger partial charge on any atom is -0.371 e. The van der Waals surface area contributed by atoms with E-state index in [-0.39, 0.29) is 17.9 Å². The predicted molar refractivity (Wildman–Crippen MR) is 102 cm³/mol. The van der Waals surface area contributed by atoms with Crippen LogP contribution in [0.3, 0.4) is 0 Å². The lowest BCUT2D eigenvalue weighted by atomic mass is 10.0. The van der Waals surface area contributed by atoms with Crippen molar-refractivity contribution in [3.05, 3.63) is 59.4 Å². The molecule has 2 aliphatic rings. The maximum absolute atomic E-state index is 13.8. The van der Waals surface area contributed by atoms with Crippen molar-refractivity contribution in [3.63, 3.8) is 0 Å². The molecule has 1 saturated heterocycles. The molecule has 2 aliphatic heterocycles. The number of hydrogen-bond acceptors (Lipinski definition) is 2. The number of halogens is 1. The summed E-state index contributed by atoms with van der Waals surface area (Å²) in [5.74, 6) is -0.158. The topological polar surface area (TPSA) is 35.6 Å². The number of urea groups is 1. The highest BCUT2D eigenvalue weighted by Crippen LogP contribution is 2.27. The normalized spacial score (nSPS) is 18.3. The van der Waals surface area contributed by atoms with E-state index in [1.54, 1.807) is 13.0 Å². The van der Waals surface area contributed by atoms with Crippen LogP contribution in [0.5, 0.6) is 0 Å². The summed E-state index contributed by atoms with van der Waals surface area (Å²) in [7, 11) is 0. The molecule has 0 aliphatic carbocycles. The lowest BCUT2D eigenvalue weighted by molar-refractivity contribution is 0.177. The number of carbonyl (C=O) groups is 1. The van der Waals surface area contributed by atoms with E-state index in [1.165, 1.54) is 5.56 Å². The Balaban J connectivity index is 1.42. The molecular weight excluding hydrogens is 329 g/mol. The Labute approximate surface area is 153 Å². The van der Waals surface area contributed by atoms with Crippen LogP contribution >= 0.6 is 0 Å². The molecule has 0 radical (unpaired) electrons. The fraction of sp³-hybridized carbons (Fsp3) is 0.381. The summed E-state index contributed by atoms with van der Waals surface area (Å²) in [6.07, 6.45) is 2.68. The Morgan fingerprint density at radius 1 is 1.08 bits per heavy atom. The first kappa shape index (κ1) is 16.9. The molecule has 4 nitrogen and oxygen atoms in total. The van der Waals surface area contributed by atoms with Crippen molar-refractivity contribution in [2.24, 2.45) is 0 Å². The highest BCUT2D eigenvalue weighted by molar-refractivity contribution is 5.91. The Bertz CT molecular complexity index is 815. The summed E-state index contributed by atoms with van der Waals surface area (Å²) in [5.41, 5.74) is 3.71. The number of para-hydroxylation sites is 1. The number of nitrogens with one attached hydrogen (secondary N) is 1. The molecule has 0 spiro atoms. The molecule has 2 aromatic carbocycles. The van der Waals surface area contributed by atoms with Crippen molar-refractivity contribution in [1.29, 1.82) is 0 Å². The summed E-state index contributed by atoms with van der Waals surface area (Å²) in [6, 6.07) is 13.7. The Morgan fingerprint density at radius 2 is 1.85 bits per heavy atom. The van der Waals surface area contributed by atoms with Gasteiger partial charge in [-0.25, -0.2) is 9.18 Å². The number of anilines is 2. The molecule has 1 fully saturated rings. The van der Waals surface area contributed by atoms with Gasteiger partial charge in [0.25, 0.3) is 0 Å². The molecule has 2 heterocycles. The lowest BCUT2D eigenvalue weighted by Gasteiger charge is -2.39. The molecule has 136 valence electrons. The van der Waals surface area contributed by atoms with Crippen molar-refractivity contribution < 1.29 is 9.18 Å². The average molecular weight is 353 g/mol. The highest BCUT2D eigenvalue weighted by atomic mass is 19.1. The van der Waals surface area contributed by atoms with Crippen molar-refractivity contribution in [2.45, 2.75) is 32.2 Å². The van der Waals surface area contributed by atoms with Gasteiger partial charge >= 0.3 is 6.03 Å². The summed E-state index contributed by atoms with van der Waals surface area (Å²) in [5, 5.41) is 3.05. The Morgan fingerprint density at radius 3 is 2.62 bits per heavy atom. The first-order valence-corrected chi connectivity index (χ1v) is 9.28. The third-order valence-corrected chi connectivity index (χ3v) is 5.57. The van der Waals surface area contributed by atoms with Gasteiger partial charge in [0.05, 0.1) is 0 Å². The van der Waals surface area contributed by atoms with Crippen molar-refractivity contribution in [2.75, 3.05) is 29.9 Å². The zero-order chi connectivity index (χ0) is 18.1. The van der Waals surface area contributed by atoms with E-state index in [1.807, 2.05) is 35.2 Å². The molecule has 4 rings (SSSR count). The van der Waals surface area contributed by atoms with Crippen LogP contribution in [0, 0.1) is 12.7 Å². The van der Waals surface area contributed by atoms with Crippen LogP contribution in [0.15, 0.2) is 42.5 Å². The van der Waals surface area contributed by atoms with Crippen LogP contribution < -0.4 is 10.2 Å². The molecule has 0 aromatic heterocycles. The maximum atomic E-state index is 13.8. The average Bonchev–Trinajstić information content (AvgIpc) is 2.82. The van der Waals surface area contributed by atoms with E-state index in [4.69, 9.17) is 0 Å². The highest BCUT2D eigenvalue weighted by Gasteiger charge is 2.30. The van der Waals surface area contributed by atoms with Gasteiger partial charge in [-0.05, 0) is 55.5 Å². The smallest absolute Gasteiger partial charge is 0.322 e. The van der Waals surface area contributed by atoms with Crippen LogP contribution in [-0.2, 0) is 6.42 Å². The van der Waals surface area contributed by atoms with Crippen LogP contribution in [0.1, 0.15) is 24.0 Å². The van der Waals surface area contributed by atoms with E-state index in [0.717, 1.165) is 50.3 Å². The van der Waals surface area contributed by atoms with Gasteiger partial charge in [-0.2, -0.15) is 0 Å². The fourth-order valence-corrected chi connectivity index (χ4v) is 3.95. The van der Waals surface area contributed by atoms with E-state index in [9.17, 15) is 9.18 Å². The van der Waals surface area contributed by atoms with Crippen LogP contribution in [0.2, 0.25) is 0 Å². The number of fused-ring (bicyclic) bond motifs is 1. The summed E-state index contributed by atoms with van der Waals surface area (Å²) in [6.45, 7) is 4.20. The predicted octanol–water partition coefficient (Wildman–Crippen LogP) is 4.19. The first-order valence-electron chi connectivity index (χ1n) is 9.28. The zero-order valence-corrected chi connectivity index (χ0v) is 15.0. The quantitative estimate of drug-likeness (QED) is 0.879. The van der Waals surface area contributed by atoms with E-state index in [0.29, 0.717) is 5.56 Å². The second-order valence-electron chi connectivity index (χ2n) is 7.18. The maximum Gasteiger partial charge on any atom is 0.322 e. The van der Waals surface area contributed by atoms with Gasteiger partial charge in [-0.15, -0.1) is 0 Å². The van der Waals surface area contributed by atoms with E-state index < -0.39 is 0 Å². The molecular formula is C21H24FN3O. The number of rotatable bonds is 2. The summed E-state index contributed by atoms with van der Waals surface area (Å²) < 4.78 is 13.8. The summed E-state index contributed by atoms with van der Waals surface area (Å²) >= 11 is 0. The second kappa shape index (κ2) is 6.98. The number of hydrogen-bond donors (Lipinski definition) is 1. The van der Waals surface area contributed by atoms with Gasteiger partial charge in [-0.3, -0.25) is 0 Å². The third-order valence-electron chi connectivity index (χ3n) is 5.57. The third kappa shape index (κ3) is 3.26. The zero-order valence-electron chi connectivity index (χ0n) is 15.0. The number of aryl methyl sites for hydroxylation is 1. The molecule has 0 atom stereocenters. The molecule has 5 heteroatoms. The first-order chi connectivity index (χ1) is 12.6. The number of carbonyl (C=O) groups excluding carboxylic acids is 1. The van der Waals surface area contributed by atoms with Gasteiger partial charge < -0.3 is 15.1 Å². The molecule has 0 unspecified atom stereocenters. The largest absolute Gasteiger partial charge is 0.371 e. The minimum atomic E-state index is -0.158. The molecule has 2 amide bonds. The van der Waals surface area contributed by atoms with Gasteiger partial charge in [0.15, 0.2) is 0 Å². The molecule has 1 N–H and O–H groups in total. The van der Waals surface area contributed by atoms with Crippen molar-refractivity contribution in [3.8, 4) is 0 Å². The Hall–Kier alpha value is -2.56. The summed E-state index contributed by atoms with van der Waals surface area (Å²) in [4.78, 5) is 16.9. The SMILES string of the molecule is Cc1ccc(N2CCC(N3CCc4ccccc4NC3=O)CC2)cc1F. The van der Waals surface area contributed by atoms with Gasteiger partial charge in [0, 0.05) is 37.1 Å². The van der Waals surface area contributed by atoms with Gasteiger partial charge in [0.1, 0.15) is 5.82 Å².